The number of rotatable bonds is 7. The Morgan fingerprint density at radius 3 is 2.31 bits per heavy atom. The van der Waals surface area contributed by atoms with Crippen LogP contribution in [0.5, 0.6) is 17.2 Å². The Morgan fingerprint density at radius 2 is 1.83 bits per heavy atom. The second-order valence-corrected chi connectivity index (χ2v) is 5.68. The SMILES string of the molecule is COC(=O)Oc1c(OC)cc(C=C(C#N)C(=O)NCc2ccc(C)o2)cc1OC. The predicted molar refractivity (Wildman–Crippen MR) is 101 cm³/mol. The second-order valence-electron chi connectivity index (χ2n) is 5.68. The van der Waals surface area contributed by atoms with Gasteiger partial charge in [-0.3, -0.25) is 4.79 Å². The Morgan fingerprint density at radius 1 is 1.17 bits per heavy atom. The quantitative estimate of drug-likeness (QED) is 0.326. The molecule has 1 amide bonds. The molecule has 152 valence electrons. The zero-order valence-electron chi connectivity index (χ0n) is 16.4. The lowest BCUT2D eigenvalue weighted by molar-refractivity contribution is -0.117. The number of nitrogens with zero attached hydrogens (tertiary/aromatic N) is 1. The molecule has 29 heavy (non-hydrogen) atoms. The molecule has 0 atom stereocenters. The summed E-state index contributed by atoms with van der Waals surface area (Å²) in [7, 11) is 3.91. The lowest BCUT2D eigenvalue weighted by Crippen LogP contribution is -2.23. The molecule has 0 aliphatic heterocycles. The van der Waals surface area contributed by atoms with E-state index in [1.807, 2.05) is 6.07 Å². The third-order valence-electron chi connectivity index (χ3n) is 3.73. The third-order valence-corrected chi connectivity index (χ3v) is 3.73. The predicted octanol–water partition coefficient (Wildman–Crippen LogP) is 2.97. The molecular formula is C20H20N2O7. The Bertz CT molecular complexity index is 944. The molecule has 2 aromatic rings. The van der Waals surface area contributed by atoms with E-state index in [0.717, 1.165) is 5.76 Å². The van der Waals surface area contributed by atoms with Crippen molar-refractivity contribution in [1.82, 2.24) is 5.32 Å². The molecule has 1 aromatic heterocycles. The van der Waals surface area contributed by atoms with Gasteiger partial charge in [0.25, 0.3) is 5.91 Å². The van der Waals surface area contributed by atoms with E-state index in [4.69, 9.17) is 18.6 Å². The minimum absolute atomic E-state index is 0.00940. The van der Waals surface area contributed by atoms with Crippen LogP contribution in [0.1, 0.15) is 17.1 Å². The number of nitriles is 1. The number of carbonyl (C=O) groups is 2. The van der Waals surface area contributed by atoms with E-state index in [1.54, 1.807) is 19.1 Å². The van der Waals surface area contributed by atoms with Crippen molar-refractivity contribution in [1.29, 1.82) is 5.26 Å². The van der Waals surface area contributed by atoms with Gasteiger partial charge in [0.2, 0.25) is 5.75 Å². The Kier molecular flexibility index (Phi) is 7.26. The van der Waals surface area contributed by atoms with Gasteiger partial charge >= 0.3 is 6.16 Å². The lowest BCUT2D eigenvalue weighted by atomic mass is 10.1. The number of furan rings is 1. The van der Waals surface area contributed by atoms with Crippen LogP contribution in [0, 0.1) is 18.3 Å². The minimum atomic E-state index is -0.949. The van der Waals surface area contributed by atoms with Gasteiger partial charge in [0.1, 0.15) is 23.2 Å². The van der Waals surface area contributed by atoms with Crippen LogP contribution in [-0.4, -0.2) is 33.4 Å². The fraction of sp³-hybridized carbons (Fsp3) is 0.250. The molecule has 9 nitrogen and oxygen atoms in total. The van der Waals surface area contributed by atoms with Gasteiger partial charge in [-0.2, -0.15) is 5.26 Å². The Balaban J connectivity index is 2.28. The molecule has 0 radical (unpaired) electrons. The van der Waals surface area contributed by atoms with Crippen molar-refractivity contribution in [3.63, 3.8) is 0 Å². The number of hydrogen-bond acceptors (Lipinski definition) is 8. The van der Waals surface area contributed by atoms with E-state index >= 15 is 0 Å². The van der Waals surface area contributed by atoms with Crippen LogP contribution in [0.15, 0.2) is 34.3 Å². The van der Waals surface area contributed by atoms with E-state index in [-0.39, 0.29) is 29.4 Å². The fourth-order valence-electron chi connectivity index (χ4n) is 2.37. The highest BCUT2D eigenvalue weighted by Gasteiger charge is 2.18. The zero-order valence-corrected chi connectivity index (χ0v) is 16.4. The lowest BCUT2D eigenvalue weighted by Gasteiger charge is -2.13. The monoisotopic (exact) mass is 400 g/mol. The number of benzene rings is 1. The number of amides is 1. The highest BCUT2D eigenvalue weighted by atomic mass is 16.7. The van der Waals surface area contributed by atoms with Gasteiger partial charge in [0.05, 0.1) is 27.9 Å². The number of carbonyl (C=O) groups excluding carboxylic acids is 2. The van der Waals surface area contributed by atoms with Crippen LogP contribution in [0.25, 0.3) is 6.08 Å². The standard InChI is InChI=1S/C20H20N2O7/c1-12-5-6-15(28-12)11-22-19(23)14(10-21)7-13-8-16(25-2)18(17(9-13)26-3)29-20(24)27-4/h5-9H,11H2,1-4H3,(H,22,23). The first-order chi connectivity index (χ1) is 13.9. The number of aryl methyl sites for hydroxylation is 1. The Labute approximate surface area is 167 Å². The molecule has 0 saturated carbocycles. The minimum Gasteiger partial charge on any atom is -0.493 e. The van der Waals surface area contributed by atoms with E-state index < -0.39 is 12.1 Å². The summed E-state index contributed by atoms with van der Waals surface area (Å²) in [4.78, 5) is 23.8. The van der Waals surface area contributed by atoms with Crippen LogP contribution in [-0.2, 0) is 16.1 Å². The van der Waals surface area contributed by atoms with E-state index in [0.29, 0.717) is 11.3 Å². The van der Waals surface area contributed by atoms with Gasteiger partial charge < -0.3 is 28.7 Å². The topological polar surface area (TPSA) is 120 Å². The maximum absolute atomic E-state index is 12.3. The van der Waals surface area contributed by atoms with Crippen molar-refractivity contribution in [2.75, 3.05) is 21.3 Å². The molecule has 9 heteroatoms. The van der Waals surface area contributed by atoms with Crippen LogP contribution < -0.4 is 19.5 Å². The van der Waals surface area contributed by atoms with E-state index in [9.17, 15) is 14.9 Å². The zero-order chi connectivity index (χ0) is 21.4. The normalized spacial score (nSPS) is 10.7. The number of hydrogen-bond donors (Lipinski definition) is 1. The molecule has 0 unspecified atom stereocenters. The second kappa shape index (κ2) is 9.85. The average Bonchev–Trinajstić information content (AvgIpc) is 3.15. The van der Waals surface area contributed by atoms with Crippen molar-refractivity contribution in [2.45, 2.75) is 13.5 Å². The highest BCUT2D eigenvalue weighted by Crippen LogP contribution is 2.39. The summed E-state index contributed by atoms with van der Waals surface area (Å²) >= 11 is 0. The summed E-state index contributed by atoms with van der Waals surface area (Å²) < 4.78 is 25.3. The van der Waals surface area contributed by atoms with Gasteiger partial charge in [-0.15, -0.1) is 0 Å². The van der Waals surface area contributed by atoms with Gasteiger partial charge in [0.15, 0.2) is 11.5 Å². The molecule has 1 heterocycles. The van der Waals surface area contributed by atoms with Crippen molar-refractivity contribution in [3.8, 4) is 23.3 Å². The van der Waals surface area contributed by atoms with Gasteiger partial charge in [-0.1, -0.05) is 0 Å². The van der Waals surface area contributed by atoms with Crippen LogP contribution in [0.3, 0.4) is 0 Å². The first-order valence-electron chi connectivity index (χ1n) is 8.39. The smallest absolute Gasteiger partial charge is 0.493 e. The van der Waals surface area contributed by atoms with Gasteiger partial charge in [0, 0.05) is 0 Å². The average molecular weight is 400 g/mol. The molecule has 0 fully saturated rings. The highest BCUT2D eigenvalue weighted by molar-refractivity contribution is 6.01. The maximum Gasteiger partial charge on any atom is 0.513 e. The summed E-state index contributed by atoms with van der Waals surface area (Å²) in [5.74, 6) is 1.04. The van der Waals surface area contributed by atoms with E-state index in [1.165, 1.54) is 39.5 Å². The van der Waals surface area contributed by atoms with E-state index in [2.05, 4.69) is 10.1 Å². The van der Waals surface area contributed by atoms with Gasteiger partial charge in [-0.05, 0) is 42.8 Å². The number of ether oxygens (including phenoxy) is 4. The number of nitrogens with one attached hydrogen (secondary N) is 1. The first-order valence-corrected chi connectivity index (χ1v) is 8.39. The molecule has 0 bridgehead atoms. The third kappa shape index (κ3) is 5.52. The summed E-state index contributed by atoms with van der Waals surface area (Å²) in [6, 6.07) is 8.34. The molecule has 0 aliphatic carbocycles. The summed E-state index contributed by atoms with van der Waals surface area (Å²) in [5, 5.41) is 12.0. The van der Waals surface area contributed by atoms with Crippen LogP contribution in [0.4, 0.5) is 4.79 Å². The van der Waals surface area contributed by atoms with Crippen molar-refractivity contribution in [2.24, 2.45) is 0 Å². The summed E-state index contributed by atoms with van der Waals surface area (Å²) in [5.41, 5.74) is 0.287. The fourth-order valence-corrected chi connectivity index (χ4v) is 2.37. The molecule has 0 spiro atoms. The maximum atomic E-state index is 12.3. The Hall–Kier alpha value is -3.93. The van der Waals surface area contributed by atoms with Crippen molar-refractivity contribution < 1.29 is 33.0 Å². The molecule has 2 rings (SSSR count). The van der Waals surface area contributed by atoms with Crippen molar-refractivity contribution >= 4 is 18.1 Å². The molecule has 1 N–H and O–H groups in total. The summed E-state index contributed by atoms with van der Waals surface area (Å²) in [6.07, 6.45) is 0.408. The number of methoxy groups -OCH3 is 3. The first kappa shape index (κ1) is 21.4. The summed E-state index contributed by atoms with van der Waals surface area (Å²) in [6.45, 7) is 1.94. The van der Waals surface area contributed by atoms with Crippen molar-refractivity contribution in [3.05, 3.63) is 46.9 Å². The van der Waals surface area contributed by atoms with Crippen LogP contribution in [0.2, 0.25) is 0 Å². The molecule has 1 aromatic carbocycles. The molecular weight excluding hydrogens is 380 g/mol. The largest absolute Gasteiger partial charge is 0.513 e. The van der Waals surface area contributed by atoms with Gasteiger partial charge in [-0.25, -0.2) is 4.79 Å². The molecule has 0 saturated heterocycles. The van der Waals surface area contributed by atoms with Crippen LogP contribution >= 0.6 is 0 Å². The molecule has 0 aliphatic rings.